The van der Waals surface area contributed by atoms with Crippen LogP contribution < -0.4 is 25.7 Å². The Hall–Kier alpha value is -3.01. The molecule has 0 aliphatic rings. The van der Waals surface area contributed by atoms with Gasteiger partial charge in [-0.15, -0.1) is 0 Å². The standard InChI is InChI=1S/C24H33ClN7O4P/c1-5-31-17-8-7-16(36-14-20(33)27-9-10-35-15-37(3)4)11-18(17)32(6-2)21(31)13-29-24(34)22-23(26)28-12-19(25)30-22/h7-8,11-12H,5-6,9-10,13-15H2,1-4H3,(H3-,26,27,28,29,33,34)/p+1. The SMILES string of the molecule is CCn1c(CNC(=O)c2nc(Cl)cnc2N)[n+](CC)c2ccc(OCC(=O)NCCOCP(C)C)cc21. The van der Waals surface area contributed by atoms with Crippen molar-refractivity contribution in [1.29, 1.82) is 0 Å². The molecule has 0 fully saturated rings. The molecule has 4 N–H and O–H groups in total. The molecule has 0 atom stereocenters. The number of carbonyl (C=O) groups excluding carboxylic acids is 2. The first-order valence-corrected chi connectivity index (χ1v) is 14.8. The second-order valence-corrected chi connectivity index (χ2v) is 11.2. The highest BCUT2D eigenvalue weighted by atomic mass is 35.5. The quantitative estimate of drug-likeness (QED) is 0.168. The van der Waals surface area contributed by atoms with Gasteiger partial charge in [-0.1, -0.05) is 19.5 Å². The highest BCUT2D eigenvalue weighted by molar-refractivity contribution is 7.55. The summed E-state index contributed by atoms with van der Waals surface area (Å²) in [5.74, 6) is 0.805. The van der Waals surface area contributed by atoms with Crippen LogP contribution in [-0.4, -0.2) is 65.8 Å². The minimum absolute atomic E-state index is 0.0102. The Balaban J connectivity index is 1.69. The fourth-order valence-corrected chi connectivity index (χ4v) is 4.48. The van der Waals surface area contributed by atoms with E-state index in [9.17, 15) is 9.59 Å². The van der Waals surface area contributed by atoms with Crippen molar-refractivity contribution in [2.45, 2.75) is 33.5 Å². The van der Waals surface area contributed by atoms with Crippen molar-refractivity contribution in [3.63, 3.8) is 0 Å². The van der Waals surface area contributed by atoms with Gasteiger partial charge in [0.05, 0.1) is 32.2 Å². The van der Waals surface area contributed by atoms with Crippen LogP contribution in [0.25, 0.3) is 11.0 Å². The number of hydrogen-bond acceptors (Lipinski definition) is 7. The Labute approximate surface area is 222 Å². The van der Waals surface area contributed by atoms with Gasteiger partial charge < -0.3 is 25.8 Å². The molecule has 0 saturated heterocycles. The predicted octanol–water partition coefficient (Wildman–Crippen LogP) is 2.13. The summed E-state index contributed by atoms with van der Waals surface area (Å²) >= 11 is 5.88. The lowest BCUT2D eigenvalue weighted by atomic mass is 10.3. The molecule has 2 heterocycles. The third kappa shape index (κ3) is 7.50. The van der Waals surface area contributed by atoms with Crippen LogP contribution in [-0.2, 0) is 29.2 Å². The lowest BCUT2D eigenvalue weighted by Crippen LogP contribution is -2.40. The summed E-state index contributed by atoms with van der Waals surface area (Å²) in [4.78, 5) is 32.7. The van der Waals surface area contributed by atoms with Crippen molar-refractivity contribution in [3.8, 4) is 5.75 Å². The number of fused-ring (bicyclic) bond motifs is 1. The molecule has 3 aromatic rings. The maximum Gasteiger partial charge on any atom is 0.277 e. The molecule has 0 unspecified atom stereocenters. The van der Waals surface area contributed by atoms with Gasteiger partial charge in [0.2, 0.25) is 0 Å². The van der Waals surface area contributed by atoms with Crippen LogP contribution in [0.3, 0.4) is 0 Å². The average molecular weight is 551 g/mol. The van der Waals surface area contributed by atoms with E-state index in [2.05, 4.69) is 43.1 Å². The molecule has 0 radical (unpaired) electrons. The van der Waals surface area contributed by atoms with Gasteiger partial charge in [0.25, 0.3) is 17.6 Å². The molecule has 0 spiro atoms. The minimum atomic E-state index is -0.464. The van der Waals surface area contributed by atoms with Gasteiger partial charge in [0.1, 0.15) is 17.4 Å². The first kappa shape index (κ1) is 28.6. The molecule has 1 aromatic carbocycles. The molecular weight excluding hydrogens is 517 g/mol. The lowest BCUT2D eigenvalue weighted by Gasteiger charge is -2.09. The van der Waals surface area contributed by atoms with E-state index in [1.165, 1.54) is 6.20 Å². The molecule has 200 valence electrons. The number of benzene rings is 1. The van der Waals surface area contributed by atoms with E-state index in [1.54, 1.807) is 0 Å². The smallest absolute Gasteiger partial charge is 0.277 e. The van der Waals surface area contributed by atoms with E-state index in [-0.39, 0.29) is 43.6 Å². The van der Waals surface area contributed by atoms with Gasteiger partial charge in [0.15, 0.2) is 29.2 Å². The third-order valence-corrected chi connectivity index (χ3v) is 6.35. The van der Waals surface area contributed by atoms with E-state index < -0.39 is 5.91 Å². The zero-order valence-corrected chi connectivity index (χ0v) is 23.2. The van der Waals surface area contributed by atoms with E-state index in [4.69, 9.17) is 26.8 Å². The molecule has 2 aromatic heterocycles. The monoisotopic (exact) mass is 550 g/mol. The Bertz CT molecular complexity index is 1250. The summed E-state index contributed by atoms with van der Waals surface area (Å²) < 4.78 is 15.5. The van der Waals surface area contributed by atoms with Crippen LogP contribution in [0.4, 0.5) is 5.82 Å². The maximum atomic E-state index is 12.7. The van der Waals surface area contributed by atoms with Gasteiger partial charge in [-0.3, -0.25) is 9.59 Å². The molecule has 13 heteroatoms. The zero-order valence-electron chi connectivity index (χ0n) is 21.6. The number of imidazole rings is 1. The number of hydrogen-bond donors (Lipinski definition) is 3. The molecular formula is C24H34ClN7O4P+. The molecule has 37 heavy (non-hydrogen) atoms. The van der Waals surface area contributed by atoms with Crippen LogP contribution in [0.1, 0.15) is 30.2 Å². The summed E-state index contributed by atoms with van der Waals surface area (Å²) in [6, 6.07) is 5.68. The molecule has 0 bridgehead atoms. The summed E-state index contributed by atoms with van der Waals surface area (Å²) in [5, 5.41) is 5.76. The Kier molecular flexibility index (Phi) is 10.4. The zero-order chi connectivity index (χ0) is 26.9. The van der Waals surface area contributed by atoms with Crippen molar-refractivity contribution < 1.29 is 23.6 Å². The van der Waals surface area contributed by atoms with Crippen molar-refractivity contribution in [3.05, 3.63) is 41.1 Å². The summed E-state index contributed by atoms with van der Waals surface area (Å²) in [5.41, 5.74) is 7.69. The largest absolute Gasteiger partial charge is 0.484 e. The Morgan fingerprint density at radius 3 is 2.73 bits per heavy atom. The average Bonchev–Trinajstić information content (AvgIpc) is 3.18. The number of rotatable bonds is 13. The van der Waals surface area contributed by atoms with E-state index in [1.807, 2.05) is 32.0 Å². The number of ether oxygens (including phenoxy) is 2. The van der Waals surface area contributed by atoms with Gasteiger partial charge in [-0.05, 0) is 39.3 Å². The number of nitrogens with zero attached hydrogens (tertiary/aromatic N) is 4. The topological polar surface area (TPSA) is 137 Å². The van der Waals surface area contributed by atoms with Gasteiger partial charge in [0, 0.05) is 12.6 Å². The highest BCUT2D eigenvalue weighted by Crippen LogP contribution is 2.23. The fraction of sp³-hybridized carbons (Fsp3) is 0.458. The second kappa shape index (κ2) is 13.5. The Morgan fingerprint density at radius 2 is 2.03 bits per heavy atom. The van der Waals surface area contributed by atoms with Crippen molar-refractivity contribution in [2.24, 2.45) is 0 Å². The van der Waals surface area contributed by atoms with Gasteiger partial charge in [-0.2, -0.15) is 0 Å². The van der Waals surface area contributed by atoms with Crippen molar-refractivity contribution in [2.75, 3.05) is 45.2 Å². The number of aromatic nitrogens is 4. The number of nitrogens with one attached hydrogen (secondary N) is 2. The molecule has 3 rings (SSSR count). The number of halogens is 1. The number of anilines is 1. The number of nitrogen functional groups attached to an aromatic ring is 1. The van der Waals surface area contributed by atoms with Crippen LogP contribution >= 0.6 is 19.5 Å². The van der Waals surface area contributed by atoms with Crippen molar-refractivity contribution in [1.82, 2.24) is 25.2 Å². The van der Waals surface area contributed by atoms with E-state index in [0.717, 1.165) is 23.2 Å². The molecule has 2 amide bonds. The number of nitrogens with two attached hydrogens (primary N) is 1. The number of amides is 2. The highest BCUT2D eigenvalue weighted by Gasteiger charge is 2.25. The first-order valence-electron chi connectivity index (χ1n) is 12.0. The summed E-state index contributed by atoms with van der Waals surface area (Å²) in [7, 11) is -0.109. The minimum Gasteiger partial charge on any atom is -0.484 e. The first-order chi connectivity index (χ1) is 17.7. The third-order valence-electron chi connectivity index (χ3n) is 5.47. The normalized spacial score (nSPS) is 11.2. The molecule has 0 saturated carbocycles. The van der Waals surface area contributed by atoms with Crippen LogP contribution in [0.5, 0.6) is 5.75 Å². The second-order valence-electron chi connectivity index (χ2n) is 8.42. The predicted molar refractivity (Wildman–Crippen MR) is 144 cm³/mol. The van der Waals surface area contributed by atoms with Gasteiger partial charge >= 0.3 is 0 Å². The van der Waals surface area contributed by atoms with Crippen LogP contribution in [0.15, 0.2) is 24.4 Å². The van der Waals surface area contributed by atoms with Crippen LogP contribution in [0, 0.1) is 0 Å². The molecule has 0 aliphatic heterocycles. The van der Waals surface area contributed by atoms with Crippen molar-refractivity contribution >= 4 is 48.2 Å². The number of aryl methyl sites for hydroxylation is 2. The number of carbonyl (C=O) groups is 2. The van der Waals surface area contributed by atoms with Gasteiger partial charge in [-0.25, -0.2) is 19.1 Å². The van der Waals surface area contributed by atoms with E-state index in [0.29, 0.717) is 32.0 Å². The van der Waals surface area contributed by atoms with Crippen LogP contribution in [0.2, 0.25) is 5.15 Å². The molecule has 11 nitrogen and oxygen atoms in total. The maximum absolute atomic E-state index is 12.7. The van der Waals surface area contributed by atoms with E-state index >= 15 is 0 Å². The fourth-order valence-electron chi connectivity index (χ4n) is 3.85. The Morgan fingerprint density at radius 1 is 1.24 bits per heavy atom. The summed E-state index contributed by atoms with van der Waals surface area (Å²) in [6.07, 6.45) is 2.02. The summed E-state index contributed by atoms with van der Waals surface area (Å²) in [6.45, 7) is 10.8. The lowest BCUT2D eigenvalue weighted by molar-refractivity contribution is -0.676. The molecule has 0 aliphatic carbocycles.